The first kappa shape index (κ1) is 11.3. The average molecular weight is 318 g/mol. The molecule has 6 heteroatoms. The fourth-order valence-electron chi connectivity index (χ4n) is 0.609. The van der Waals surface area contributed by atoms with Crippen molar-refractivity contribution in [3.05, 3.63) is 33.9 Å². The van der Waals surface area contributed by atoms with Crippen molar-refractivity contribution >= 4 is 27.6 Å². The molecule has 0 aliphatic carbocycles. The summed E-state index contributed by atoms with van der Waals surface area (Å²) in [6, 6.07) is 8.36. The molecule has 0 unspecified atom stereocenters. The third-order valence-corrected chi connectivity index (χ3v) is 3.18. The Bertz CT molecular complexity index is 310. The van der Waals surface area contributed by atoms with E-state index in [0.29, 0.717) is 3.57 Å². The van der Waals surface area contributed by atoms with Crippen LogP contribution < -0.4 is 0 Å². The van der Waals surface area contributed by atoms with Gasteiger partial charge < -0.3 is 0 Å². The summed E-state index contributed by atoms with van der Waals surface area (Å²) in [5.74, 6) is -2.11. The van der Waals surface area contributed by atoms with Gasteiger partial charge in [-0.2, -0.15) is 0 Å². The quantitative estimate of drug-likeness (QED) is 0.784. The van der Waals surface area contributed by atoms with Gasteiger partial charge in [0.1, 0.15) is 0 Å². The first-order valence-corrected chi connectivity index (χ1v) is 5.62. The number of alkyl halides is 3. The molecule has 0 N–H and O–H groups in total. The summed E-state index contributed by atoms with van der Waals surface area (Å²) < 4.78 is 39.9. The number of rotatable bonds is 2. The van der Waals surface area contributed by atoms with Crippen LogP contribution in [0.2, 0.25) is 0 Å². The molecule has 0 radical (unpaired) electrons. The SMILES string of the molecule is O=C(O[IH]c1ccccc1)C(F)(F)F. The molecule has 0 amide bonds. The van der Waals surface area contributed by atoms with Crippen molar-refractivity contribution in [3.63, 3.8) is 0 Å². The number of carbonyl (C=O) groups is 1. The molecule has 0 saturated heterocycles. The molecule has 0 aromatic heterocycles. The molecular formula is C8H6F3IO2. The molecule has 14 heavy (non-hydrogen) atoms. The first-order valence-electron chi connectivity index (χ1n) is 3.51. The Morgan fingerprint density at radius 1 is 1.21 bits per heavy atom. The second kappa shape index (κ2) is 4.63. The minimum atomic E-state index is -4.89. The van der Waals surface area contributed by atoms with Crippen molar-refractivity contribution in [1.29, 1.82) is 0 Å². The van der Waals surface area contributed by atoms with E-state index in [2.05, 4.69) is 3.07 Å². The van der Waals surface area contributed by atoms with Crippen LogP contribution in [0.1, 0.15) is 0 Å². The molecule has 0 fully saturated rings. The molecule has 0 aliphatic rings. The molecule has 1 rings (SSSR count). The second-order valence-corrected chi connectivity index (χ2v) is 4.56. The molecule has 1 aromatic carbocycles. The Kier molecular flexibility index (Phi) is 3.73. The van der Waals surface area contributed by atoms with Gasteiger partial charge in [-0.25, -0.2) is 0 Å². The van der Waals surface area contributed by atoms with E-state index < -0.39 is 33.8 Å². The zero-order valence-corrected chi connectivity index (χ0v) is 9.08. The van der Waals surface area contributed by atoms with Crippen LogP contribution in [0.25, 0.3) is 0 Å². The zero-order valence-electron chi connectivity index (χ0n) is 6.75. The van der Waals surface area contributed by atoms with Crippen molar-refractivity contribution in [1.82, 2.24) is 0 Å². The van der Waals surface area contributed by atoms with Crippen LogP contribution >= 0.6 is 21.6 Å². The fourth-order valence-corrected chi connectivity index (χ4v) is 2.14. The van der Waals surface area contributed by atoms with E-state index in [-0.39, 0.29) is 0 Å². The van der Waals surface area contributed by atoms with Crippen molar-refractivity contribution in [2.75, 3.05) is 0 Å². The second-order valence-electron chi connectivity index (χ2n) is 2.26. The van der Waals surface area contributed by atoms with Crippen molar-refractivity contribution in [2.24, 2.45) is 0 Å². The summed E-state index contributed by atoms with van der Waals surface area (Å²) in [6.45, 7) is 0. The number of halogens is 4. The van der Waals surface area contributed by atoms with E-state index in [1.807, 2.05) is 0 Å². The van der Waals surface area contributed by atoms with Crippen LogP contribution in [0.15, 0.2) is 30.3 Å². The fraction of sp³-hybridized carbons (Fsp3) is 0.125. The minimum absolute atomic E-state index is 0.649. The van der Waals surface area contributed by atoms with Gasteiger partial charge in [-0.15, -0.1) is 0 Å². The van der Waals surface area contributed by atoms with Gasteiger partial charge in [0, 0.05) is 0 Å². The summed E-state index contributed by atoms with van der Waals surface area (Å²) in [6.07, 6.45) is -4.89. The van der Waals surface area contributed by atoms with Gasteiger partial charge in [-0.1, -0.05) is 0 Å². The maximum atomic E-state index is 11.7. The normalized spacial score (nSPS) is 11.4. The Morgan fingerprint density at radius 2 is 1.79 bits per heavy atom. The summed E-state index contributed by atoms with van der Waals surface area (Å²) in [5.41, 5.74) is 0. The van der Waals surface area contributed by atoms with Crippen LogP contribution in [0.5, 0.6) is 0 Å². The van der Waals surface area contributed by atoms with Crippen LogP contribution in [0.4, 0.5) is 13.2 Å². The van der Waals surface area contributed by atoms with Gasteiger partial charge in [-0.05, 0) is 0 Å². The van der Waals surface area contributed by atoms with E-state index >= 15 is 0 Å². The number of benzene rings is 1. The van der Waals surface area contributed by atoms with Gasteiger partial charge in [0.25, 0.3) is 0 Å². The standard InChI is InChI=1S/C8H6F3IO2/c9-8(10,11)7(13)14-12-6-4-2-1-3-5-6/h1-5,12H. The van der Waals surface area contributed by atoms with E-state index in [1.54, 1.807) is 30.3 Å². The molecule has 0 spiro atoms. The molecular weight excluding hydrogens is 312 g/mol. The predicted molar refractivity (Wildman–Crippen MR) is 52.7 cm³/mol. The molecule has 1 aromatic rings. The molecule has 0 aliphatic heterocycles. The molecule has 0 saturated carbocycles. The van der Waals surface area contributed by atoms with Crippen LogP contribution in [-0.2, 0) is 7.86 Å². The van der Waals surface area contributed by atoms with Crippen molar-refractivity contribution in [2.45, 2.75) is 6.18 Å². The van der Waals surface area contributed by atoms with E-state index in [0.717, 1.165) is 0 Å². The molecule has 0 heterocycles. The Labute approximate surface area is 88.9 Å². The van der Waals surface area contributed by atoms with E-state index in [1.165, 1.54) is 0 Å². The van der Waals surface area contributed by atoms with E-state index in [4.69, 9.17) is 0 Å². The summed E-state index contributed by atoms with van der Waals surface area (Å²) in [5, 5.41) is 0. The Balaban J connectivity index is 2.46. The van der Waals surface area contributed by atoms with Crippen LogP contribution in [0.3, 0.4) is 0 Å². The van der Waals surface area contributed by atoms with Gasteiger partial charge in [-0.3, -0.25) is 0 Å². The number of carbonyl (C=O) groups excluding carboxylic acids is 1. The summed E-state index contributed by atoms with van der Waals surface area (Å²) in [7, 11) is 0. The monoisotopic (exact) mass is 318 g/mol. The van der Waals surface area contributed by atoms with Gasteiger partial charge >= 0.3 is 88.7 Å². The van der Waals surface area contributed by atoms with Gasteiger partial charge in [0.2, 0.25) is 0 Å². The van der Waals surface area contributed by atoms with Gasteiger partial charge in [0.15, 0.2) is 0 Å². The number of hydrogen-bond donors (Lipinski definition) is 0. The third kappa shape index (κ3) is 3.52. The topological polar surface area (TPSA) is 26.3 Å². The number of hydrogen-bond acceptors (Lipinski definition) is 2. The summed E-state index contributed by atoms with van der Waals surface area (Å²) >= 11 is -1.53. The van der Waals surface area contributed by atoms with Crippen molar-refractivity contribution in [3.8, 4) is 0 Å². The molecule has 0 atom stereocenters. The first-order chi connectivity index (χ1) is 6.50. The van der Waals surface area contributed by atoms with Crippen molar-refractivity contribution < 1.29 is 21.0 Å². The maximum absolute atomic E-state index is 11.7. The van der Waals surface area contributed by atoms with Gasteiger partial charge in [0.05, 0.1) is 0 Å². The third-order valence-electron chi connectivity index (χ3n) is 1.19. The summed E-state index contributed by atoms with van der Waals surface area (Å²) in [4.78, 5) is 10.3. The molecule has 78 valence electrons. The van der Waals surface area contributed by atoms with E-state index in [9.17, 15) is 18.0 Å². The van der Waals surface area contributed by atoms with Crippen LogP contribution in [-0.4, -0.2) is 12.1 Å². The Hall–Kier alpha value is -0.790. The molecule has 0 bridgehead atoms. The predicted octanol–water partition coefficient (Wildman–Crippen LogP) is 2.58. The average Bonchev–Trinajstić information content (AvgIpc) is 2.14. The van der Waals surface area contributed by atoms with Crippen LogP contribution in [0, 0.1) is 3.57 Å². The Morgan fingerprint density at radius 3 is 2.29 bits per heavy atom. The molecule has 2 nitrogen and oxygen atoms in total. The zero-order chi connectivity index (χ0) is 10.6.